The van der Waals surface area contributed by atoms with Crippen LogP contribution >= 0.6 is 11.6 Å². The van der Waals surface area contributed by atoms with E-state index in [0.717, 1.165) is 6.07 Å². The predicted molar refractivity (Wildman–Crippen MR) is 140 cm³/mol. The van der Waals surface area contributed by atoms with Gasteiger partial charge in [0.05, 0.1) is 29.6 Å². The zero-order valence-electron chi connectivity index (χ0n) is 23.0. The van der Waals surface area contributed by atoms with Gasteiger partial charge in [0.2, 0.25) is 12.2 Å². The van der Waals surface area contributed by atoms with Crippen molar-refractivity contribution in [3.63, 3.8) is 0 Å². The van der Waals surface area contributed by atoms with Gasteiger partial charge in [-0.25, -0.2) is 4.98 Å². The van der Waals surface area contributed by atoms with Crippen LogP contribution in [0, 0.1) is 13.8 Å². The molecule has 1 fully saturated rings. The highest BCUT2D eigenvalue weighted by atomic mass is 35.5. The fourth-order valence-electron chi connectivity index (χ4n) is 3.88. The number of oxime groups is 1. The number of hydrogen-bond acceptors (Lipinski definition) is 11. The Morgan fingerprint density at radius 1 is 1.15 bits per heavy atom. The summed E-state index contributed by atoms with van der Waals surface area (Å²) < 4.78 is 55.7. The maximum atomic E-state index is 12.9. The zero-order valence-corrected chi connectivity index (χ0v) is 23.7. The number of aliphatic hydroxyl groups is 4. The smallest absolute Gasteiger partial charge is 0.417 e. The molecule has 0 amide bonds. The average Bonchev–Trinajstić information content (AvgIpc) is 2.92. The maximum absolute atomic E-state index is 12.9. The standard InChI is InChI=1S/C26H33ClF3N3O8/c1-6-18-16(9-32-41-14(5)13(4)38-24-17(27)7-15(8-31-24)26(28,29)30)23(11(2)12(3)33-18)40-25-22(37)21(36)20(35)19(10-34)39-25/h7-9,13-14,19-22,25,34-37H,6,10H2,1-5H3/b32-9+/t13?,14?,19-,20-,21+,22-,25+/m1/s1. The predicted octanol–water partition coefficient (Wildman–Crippen LogP) is 2.71. The van der Waals surface area contributed by atoms with Crippen molar-refractivity contribution in [2.24, 2.45) is 5.16 Å². The lowest BCUT2D eigenvalue weighted by atomic mass is 9.99. The first-order chi connectivity index (χ1) is 19.2. The number of pyridine rings is 2. The molecule has 2 unspecified atom stereocenters. The summed E-state index contributed by atoms with van der Waals surface area (Å²) in [5.74, 6) is 0.0251. The van der Waals surface area contributed by atoms with Crippen LogP contribution in [0.1, 0.15) is 48.8 Å². The summed E-state index contributed by atoms with van der Waals surface area (Å²) >= 11 is 5.92. The van der Waals surface area contributed by atoms with Crippen LogP contribution in [0.25, 0.3) is 0 Å². The summed E-state index contributed by atoms with van der Waals surface area (Å²) in [7, 11) is 0. The Bertz CT molecular complexity index is 1230. The number of aromatic nitrogens is 2. The molecule has 3 heterocycles. The molecule has 3 rings (SSSR count). The van der Waals surface area contributed by atoms with Crippen molar-refractivity contribution in [1.29, 1.82) is 0 Å². The molecule has 0 bridgehead atoms. The Hall–Kier alpha value is -2.75. The van der Waals surface area contributed by atoms with Gasteiger partial charge in [0.1, 0.15) is 41.3 Å². The lowest BCUT2D eigenvalue weighted by Gasteiger charge is -2.40. The molecule has 11 nitrogen and oxygen atoms in total. The number of hydrogen-bond donors (Lipinski definition) is 4. The quantitative estimate of drug-likeness (QED) is 0.234. The Balaban J connectivity index is 1.79. The number of rotatable bonds is 10. The van der Waals surface area contributed by atoms with Crippen molar-refractivity contribution in [1.82, 2.24) is 9.97 Å². The van der Waals surface area contributed by atoms with Gasteiger partial charge in [-0.3, -0.25) is 4.98 Å². The summed E-state index contributed by atoms with van der Waals surface area (Å²) in [6.45, 7) is 7.93. The lowest BCUT2D eigenvalue weighted by Crippen LogP contribution is -2.60. The van der Waals surface area contributed by atoms with E-state index in [-0.39, 0.29) is 16.7 Å². The number of ether oxygens (including phenoxy) is 3. The minimum Gasteiger partial charge on any atom is -0.470 e. The highest BCUT2D eigenvalue weighted by Gasteiger charge is 2.45. The zero-order chi connectivity index (χ0) is 30.6. The third-order valence-corrected chi connectivity index (χ3v) is 6.93. The van der Waals surface area contributed by atoms with Gasteiger partial charge in [-0.1, -0.05) is 23.7 Å². The molecule has 2 aromatic rings. The van der Waals surface area contributed by atoms with Crippen molar-refractivity contribution < 1.29 is 52.6 Å². The fraction of sp³-hybridized carbons (Fsp3) is 0.577. The van der Waals surface area contributed by atoms with Gasteiger partial charge in [0, 0.05) is 17.5 Å². The van der Waals surface area contributed by atoms with E-state index in [1.54, 1.807) is 27.7 Å². The molecule has 1 saturated heterocycles. The number of aryl methyl sites for hydroxylation is 2. The summed E-state index contributed by atoms with van der Waals surface area (Å²) in [5.41, 5.74) is 1.15. The van der Waals surface area contributed by atoms with Gasteiger partial charge in [0.25, 0.3) is 0 Å². The molecule has 0 radical (unpaired) electrons. The molecule has 0 aliphatic carbocycles. The maximum Gasteiger partial charge on any atom is 0.417 e. The van der Waals surface area contributed by atoms with Crippen LogP contribution in [-0.4, -0.2) is 86.1 Å². The largest absolute Gasteiger partial charge is 0.470 e. The Morgan fingerprint density at radius 3 is 2.41 bits per heavy atom. The van der Waals surface area contributed by atoms with E-state index in [1.807, 2.05) is 6.92 Å². The molecule has 1 aliphatic rings. The van der Waals surface area contributed by atoms with Crippen LogP contribution in [0.2, 0.25) is 5.02 Å². The molecule has 7 atom stereocenters. The summed E-state index contributed by atoms with van der Waals surface area (Å²) in [6, 6.07) is 0.719. The molecule has 1 aliphatic heterocycles. The molecular formula is C26H33ClF3N3O8. The monoisotopic (exact) mass is 607 g/mol. The number of aliphatic hydroxyl groups excluding tert-OH is 4. The molecule has 41 heavy (non-hydrogen) atoms. The first-order valence-electron chi connectivity index (χ1n) is 12.7. The van der Waals surface area contributed by atoms with E-state index in [0.29, 0.717) is 35.1 Å². The van der Waals surface area contributed by atoms with E-state index in [9.17, 15) is 33.6 Å². The number of nitrogens with zero attached hydrogens (tertiary/aromatic N) is 3. The van der Waals surface area contributed by atoms with E-state index in [2.05, 4.69) is 15.1 Å². The topological polar surface area (TPSA) is 156 Å². The summed E-state index contributed by atoms with van der Waals surface area (Å²) in [6.07, 6.45) is -11.0. The molecule has 228 valence electrons. The molecule has 0 saturated carbocycles. The minimum atomic E-state index is -4.60. The third-order valence-electron chi connectivity index (χ3n) is 6.66. The van der Waals surface area contributed by atoms with Gasteiger partial charge in [0.15, 0.2) is 6.10 Å². The SMILES string of the molecule is CCc1nc(C)c(C)c(O[C@@H]2O[C@H](CO)[C@@H](O)[C@H](O)[C@H]2O)c1/C=N/OC(C)C(C)Oc1ncc(C(F)(F)F)cc1Cl. The Kier molecular flexibility index (Phi) is 10.8. The minimum absolute atomic E-state index is 0.201. The van der Waals surface area contributed by atoms with Crippen LogP contribution in [0.3, 0.4) is 0 Å². The van der Waals surface area contributed by atoms with E-state index in [1.165, 1.54) is 6.21 Å². The van der Waals surface area contributed by atoms with E-state index >= 15 is 0 Å². The summed E-state index contributed by atoms with van der Waals surface area (Å²) in [5, 5.41) is 43.9. The first kappa shape index (κ1) is 32.8. The van der Waals surface area contributed by atoms with Crippen molar-refractivity contribution in [2.45, 2.75) is 90.1 Å². The fourth-order valence-corrected chi connectivity index (χ4v) is 4.09. The van der Waals surface area contributed by atoms with Crippen molar-refractivity contribution in [3.8, 4) is 11.6 Å². The van der Waals surface area contributed by atoms with Crippen LogP contribution in [0.5, 0.6) is 11.6 Å². The molecule has 15 heteroatoms. The summed E-state index contributed by atoms with van der Waals surface area (Å²) in [4.78, 5) is 13.7. The van der Waals surface area contributed by atoms with Gasteiger partial charge < -0.3 is 39.5 Å². The second kappa shape index (κ2) is 13.5. The normalized spacial score (nSPS) is 24.8. The second-order valence-electron chi connectivity index (χ2n) is 9.56. The average molecular weight is 608 g/mol. The lowest BCUT2D eigenvalue weighted by molar-refractivity contribution is -0.277. The molecular weight excluding hydrogens is 575 g/mol. The third kappa shape index (κ3) is 7.56. The molecule has 2 aromatic heterocycles. The van der Waals surface area contributed by atoms with Crippen LogP contribution in [0.4, 0.5) is 13.2 Å². The molecule has 4 N–H and O–H groups in total. The van der Waals surface area contributed by atoms with Crippen LogP contribution in [-0.2, 0) is 22.2 Å². The molecule has 0 spiro atoms. The number of halogens is 4. The second-order valence-corrected chi connectivity index (χ2v) is 9.96. The van der Waals surface area contributed by atoms with E-state index in [4.69, 9.17) is 30.6 Å². The number of alkyl halides is 3. The van der Waals surface area contributed by atoms with Gasteiger partial charge in [-0.05, 0) is 40.2 Å². The first-order valence-corrected chi connectivity index (χ1v) is 13.1. The van der Waals surface area contributed by atoms with Crippen LogP contribution < -0.4 is 9.47 Å². The highest BCUT2D eigenvalue weighted by molar-refractivity contribution is 6.31. The van der Waals surface area contributed by atoms with E-state index < -0.39 is 61.3 Å². The van der Waals surface area contributed by atoms with Gasteiger partial charge in [-0.2, -0.15) is 13.2 Å². The van der Waals surface area contributed by atoms with Crippen molar-refractivity contribution >= 4 is 17.8 Å². The van der Waals surface area contributed by atoms with Crippen LogP contribution in [0.15, 0.2) is 17.4 Å². The van der Waals surface area contributed by atoms with Crippen molar-refractivity contribution in [2.75, 3.05) is 6.61 Å². The Morgan fingerprint density at radius 2 is 1.83 bits per heavy atom. The molecule has 0 aromatic carbocycles. The van der Waals surface area contributed by atoms with Gasteiger partial charge >= 0.3 is 6.18 Å². The van der Waals surface area contributed by atoms with Gasteiger partial charge in [-0.15, -0.1) is 0 Å². The Labute approximate surface area is 239 Å². The van der Waals surface area contributed by atoms with Crippen molar-refractivity contribution in [3.05, 3.63) is 45.4 Å². The highest BCUT2D eigenvalue weighted by Crippen LogP contribution is 2.34.